The monoisotopic (exact) mass is 196 g/mol. The van der Waals surface area contributed by atoms with Gasteiger partial charge in [-0.05, 0) is 45.7 Å². The molecule has 2 aliphatic rings. The quantitative estimate of drug-likeness (QED) is 0.714. The van der Waals surface area contributed by atoms with Crippen molar-refractivity contribution < 1.29 is 4.79 Å². The first-order valence-electron chi connectivity index (χ1n) is 5.74. The van der Waals surface area contributed by atoms with Crippen molar-refractivity contribution in [1.82, 2.24) is 10.2 Å². The molecular weight excluding hydrogens is 176 g/mol. The van der Waals surface area contributed by atoms with Crippen LogP contribution in [0, 0.1) is 5.92 Å². The number of piperidine rings is 1. The summed E-state index contributed by atoms with van der Waals surface area (Å²) in [5.74, 6) is 0.538. The van der Waals surface area contributed by atoms with E-state index in [0.29, 0.717) is 11.9 Å². The average Bonchev–Trinajstić information content (AvgIpc) is 2.11. The zero-order chi connectivity index (χ0) is 9.97. The van der Waals surface area contributed by atoms with Gasteiger partial charge in [0.1, 0.15) is 0 Å². The molecule has 80 valence electrons. The normalized spacial score (nSPS) is 29.6. The van der Waals surface area contributed by atoms with Gasteiger partial charge >= 0.3 is 0 Å². The van der Waals surface area contributed by atoms with E-state index in [4.69, 9.17) is 0 Å². The number of carbonyl (C=O) groups excluding carboxylic acids is 1. The molecule has 14 heavy (non-hydrogen) atoms. The third kappa shape index (κ3) is 2.27. The van der Waals surface area contributed by atoms with Crippen LogP contribution < -0.4 is 5.32 Å². The van der Waals surface area contributed by atoms with E-state index >= 15 is 0 Å². The number of hydrogen-bond acceptors (Lipinski definition) is 2. The molecule has 1 aliphatic heterocycles. The summed E-state index contributed by atoms with van der Waals surface area (Å²) in [6.07, 6.45) is 5.90. The molecular formula is C11H20N2O. The van der Waals surface area contributed by atoms with Crippen LogP contribution in [-0.4, -0.2) is 37.0 Å². The van der Waals surface area contributed by atoms with Crippen LogP contribution in [0.2, 0.25) is 0 Å². The van der Waals surface area contributed by atoms with Crippen LogP contribution in [0.25, 0.3) is 0 Å². The fourth-order valence-electron chi connectivity index (χ4n) is 2.25. The maximum Gasteiger partial charge on any atom is 0.224 e. The topological polar surface area (TPSA) is 32.3 Å². The standard InChI is InChI=1S/C11H20N2O/c1-13-7-3-4-9(8-13)11(14)12-10-5-2-6-10/h9-10H,2-8H2,1H3,(H,12,14). The third-order valence-corrected chi connectivity index (χ3v) is 3.45. The highest BCUT2D eigenvalue weighted by molar-refractivity contribution is 5.79. The first-order valence-corrected chi connectivity index (χ1v) is 5.74. The Morgan fingerprint density at radius 3 is 2.64 bits per heavy atom. The number of amides is 1. The molecule has 2 rings (SSSR count). The van der Waals surface area contributed by atoms with E-state index in [0.717, 1.165) is 19.5 Å². The van der Waals surface area contributed by atoms with Crippen molar-refractivity contribution >= 4 is 5.91 Å². The second-order valence-corrected chi connectivity index (χ2v) is 4.74. The van der Waals surface area contributed by atoms with E-state index in [1.165, 1.54) is 25.7 Å². The molecule has 1 atom stereocenters. The van der Waals surface area contributed by atoms with Crippen molar-refractivity contribution in [2.45, 2.75) is 38.1 Å². The van der Waals surface area contributed by atoms with Crippen LogP contribution in [-0.2, 0) is 4.79 Å². The molecule has 1 saturated carbocycles. The molecule has 1 amide bonds. The van der Waals surface area contributed by atoms with Crippen molar-refractivity contribution in [2.75, 3.05) is 20.1 Å². The summed E-state index contributed by atoms with van der Waals surface area (Å²) >= 11 is 0. The van der Waals surface area contributed by atoms with Gasteiger partial charge in [0, 0.05) is 12.6 Å². The molecule has 0 aromatic carbocycles. The van der Waals surface area contributed by atoms with E-state index in [1.807, 2.05) is 0 Å². The van der Waals surface area contributed by atoms with E-state index in [1.54, 1.807) is 0 Å². The zero-order valence-electron chi connectivity index (χ0n) is 8.96. The Hall–Kier alpha value is -0.570. The molecule has 0 aromatic heterocycles. The number of rotatable bonds is 2. The van der Waals surface area contributed by atoms with E-state index in [9.17, 15) is 4.79 Å². The Morgan fingerprint density at radius 2 is 2.07 bits per heavy atom. The van der Waals surface area contributed by atoms with E-state index in [-0.39, 0.29) is 5.92 Å². The summed E-state index contributed by atoms with van der Waals surface area (Å²) in [6.45, 7) is 2.09. The molecule has 2 fully saturated rings. The number of carbonyl (C=O) groups is 1. The molecule has 0 bridgehead atoms. The highest BCUT2D eigenvalue weighted by Crippen LogP contribution is 2.20. The zero-order valence-corrected chi connectivity index (χ0v) is 8.96. The van der Waals surface area contributed by atoms with Gasteiger partial charge < -0.3 is 10.2 Å². The van der Waals surface area contributed by atoms with Crippen molar-refractivity contribution in [3.8, 4) is 0 Å². The Kier molecular flexibility index (Phi) is 3.06. The van der Waals surface area contributed by atoms with Crippen LogP contribution in [0.1, 0.15) is 32.1 Å². The highest BCUT2D eigenvalue weighted by Gasteiger charge is 2.27. The summed E-state index contributed by atoms with van der Waals surface area (Å²) in [6, 6.07) is 0.495. The minimum Gasteiger partial charge on any atom is -0.353 e. The van der Waals surface area contributed by atoms with Gasteiger partial charge in [-0.3, -0.25) is 4.79 Å². The molecule has 1 saturated heterocycles. The minimum absolute atomic E-state index is 0.245. The average molecular weight is 196 g/mol. The Balaban J connectivity index is 1.77. The first-order chi connectivity index (χ1) is 6.75. The fraction of sp³-hybridized carbons (Fsp3) is 0.909. The van der Waals surface area contributed by atoms with Gasteiger partial charge in [0.15, 0.2) is 0 Å². The van der Waals surface area contributed by atoms with Crippen molar-refractivity contribution in [3.05, 3.63) is 0 Å². The van der Waals surface area contributed by atoms with Gasteiger partial charge in [0.05, 0.1) is 5.92 Å². The molecule has 1 unspecified atom stereocenters. The lowest BCUT2D eigenvalue weighted by Crippen LogP contribution is -2.46. The summed E-state index contributed by atoms with van der Waals surface area (Å²) in [5, 5.41) is 3.14. The maximum absolute atomic E-state index is 11.8. The van der Waals surface area contributed by atoms with Gasteiger partial charge in [-0.25, -0.2) is 0 Å². The van der Waals surface area contributed by atoms with Crippen LogP contribution in [0.5, 0.6) is 0 Å². The molecule has 1 heterocycles. The van der Waals surface area contributed by atoms with E-state index < -0.39 is 0 Å². The fourth-order valence-corrected chi connectivity index (χ4v) is 2.25. The molecule has 1 N–H and O–H groups in total. The van der Waals surface area contributed by atoms with Crippen molar-refractivity contribution in [1.29, 1.82) is 0 Å². The number of nitrogens with zero attached hydrogens (tertiary/aromatic N) is 1. The van der Waals surface area contributed by atoms with Gasteiger partial charge in [-0.15, -0.1) is 0 Å². The Bertz CT molecular complexity index is 213. The molecule has 3 heteroatoms. The third-order valence-electron chi connectivity index (χ3n) is 3.45. The molecule has 0 radical (unpaired) electrons. The lowest BCUT2D eigenvalue weighted by molar-refractivity contribution is -0.127. The van der Waals surface area contributed by atoms with Crippen molar-refractivity contribution in [3.63, 3.8) is 0 Å². The predicted octanol–water partition coefficient (Wildman–Crippen LogP) is 0.997. The molecule has 0 spiro atoms. The Morgan fingerprint density at radius 1 is 1.29 bits per heavy atom. The second kappa shape index (κ2) is 4.30. The van der Waals surface area contributed by atoms with Gasteiger partial charge in [-0.1, -0.05) is 0 Å². The van der Waals surface area contributed by atoms with Crippen molar-refractivity contribution in [2.24, 2.45) is 5.92 Å². The van der Waals surface area contributed by atoms with Gasteiger partial charge in [-0.2, -0.15) is 0 Å². The lowest BCUT2D eigenvalue weighted by Gasteiger charge is -2.32. The van der Waals surface area contributed by atoms with E-state index in [2.05, 4.69) is 17.3 Å². The smallest absolute Gasteiger partial charge is 0.224 e. The van der Waals surface area contributed by atoms with Gasteiger partial charge in [0.2, 0.25) is 5.91 Å². The molecule has 0 aromatic rings. The number of nitrogens with one attached hydrogen (secondary N) is 1. The predicted molar refractivity (Wildman–Crippen MR) is 56.0 cm³/mol. The molecule has 3 nitrogen and oxygen atoms in total. The largest absolute Gasteiger partial charge is 0.353 e. The second-order valence-electron chi connectivity index (χ2n) is 4.74. The maximum atomic E-state index is 11.8. The summed E-state index contributed by atoms with van der Waals surface area (Å²) < 4.78 is 0. The first kappa shape index (κ1) is 9.97. The number of hydrogen-bond donors (Lipinski definition) is 1. The van der Waals surface area contributed by atoms with Crippen LogP contribution in [0.15, 0.2) is 0 Å². The van der Waals surface area contributed by atoms with Gasteiger partial charge in [0.25, 0.3) is 0 Å². The minimum atomic E-state index is 0.245. The summed E-state index contributed by atoms with van der Waals surface area (Å²) in [7, 11) is 2.10. The molecule has 1 aliphatic carbocycles. The summed E-state index contributed by atoms with van der Waals surface area (Å²) in [5.41, 5.74) is 0. The SMILES string of the molecule is CN1CCCC(C(=O)NC2CCC2)C1. The van der Waals surface area contributed by atoms with Crippen LogP contribution >= 0.6 is 0 Å². The highest BCUT2D eigenvalue weighted by atomic mass is 16.2. The summed E-state index contributed by atoms with van der Waals surface area (Å²) in [4.78, 5) is 14.1. The van der Waals surface area contributed by atoms with Crippen LogP contribution in [0.4, 0.5) is 0 Å². The Labute approximate surface area is 85.8 Å². The van der Waals surface area contributed by atoms with Crippen LogP contribution in [0.3, 0.4) is 0 Å². The number of likely N-dealkylation sites (tertiary alicyclic amines) is 1. The lowest BCUT2D eigenvalue weighted by atomic mass is 9.91.